The maximum atomic E-state index is 12.5. The van der Waals surface area contributed by atoms with Crippen LogP contribution in [0.4, 0.5) is 16.2 Å². The first kappa shape index (κ1) is 19.5. The van der Waals surface area contributed by atoms with Crippen molar-refractivity contribution in [2.24, 2.45) is 17.8 Å². The summed E-state index contributed by atoms with van der Waals surface area (Å²) in [5, 5.41) is 5.66. The summed E-state index contributed by atoms with van der Waals surface area (Å²) in [6.07, 6.45) is 5.08. The third-order valence-corrected chi connectivity index (χ3v) is 4.99. The van der Waals surface area contributed by atoms with Gasteiger partial charge in [0, 0.05) is 12.1 Å². The number of benzene rings is 1. The summed E-state index contributed by atoms with van der Waals surface area (Å²) < 4.78 is 10.6. The largest absolute Gasteiger partial charge is 0.495 e. The zero-order valence-electron chi connectivity index (χ0n) is 16.6. The van der Waals surface area contributed by atoms with Crippen LogP contribution in [-0.2, 0) is 9.53 Å². The van der Waals surface area contributed by atoms with Crippen molar-refractivity contribution in [2.45, 2.75) is 58.5 Å². The Morgan fingerprint density at radius 2 is 1.74 bits per heavy atom. The number of anilines is 2. The van der Waals surface area contributed by atoms with Crippen molar-refractivity contribution in [3.63, 3.8) is 0 Å². The Morgan fingerprint density at radius 1 is 1.11 bits per heavy atom. The maximum absolute atomic E-state index is 12.5. The van der Waals surface area contributed by atoms with Gasteiger partial charge in [-0.2, -0.15) is 0 Å². The van der Waals surface area contributed by atoms with E-state index in [1.165, 1.54) is 32.8 Å². The van der Waals surface area contributed by atoms with E-state index in [-0.39, 0.29) is 5.91 Å². The van der Waals surface area contributed by atoms with Crippen molar-refractivity contribution in [3.8, 4) is 5.75 Å². The molecule has 2 fully saturated rings. The van der Waals surface area contributed by atoms with Gasteiger partial charge in [0.25, 0.3) is 0 Å². The van der Waals surface area contributed by atoms with Gasteiger partial charge < -0.3 is 14.8 Å². The zero-order valence-corrected chi connectivity index (χ0v) is 16.6. The number of amides is 2. The molecule has 0 aromatic heterocycles. The second kappa shape index (κ2) is 7.79. The van der Waals surface area contributed by atoms with Gasteiger partial charge in [0.1, 0.15) is 11.4 Å². The van der Waals surface area contributed by atoms with Crippen LogP contribution in [0.2, 0.25) is 0 Å². The average molecular weight is 374 g/mol. The molecule has 0 heterocycles. The summed E-state index contributed by atoms with van der Waals surface area (Å²) in [6.45, 7) is 5.41. The van der Waals surface area contributed by atoms with Gasteiger partial charge in [-0.25, -0.2) is 4.79 Å². The van der Waals surface area contributed by atoms with Crippen molar-refractivity contribution in [2.75, 3.05) is 17.7 Å². The molecule has 0 saturated heterocycles. The Morgan fingerprint density at radius 3 is 2.26 bits per heavy atom. The Labute approximate surface area is 161 Å². The SMILES string of the molecule is COc1ccc(NC(=O)CC(C2CC2)C2CC2)cc1NC(=O)OC(C)(C)C. The zero-order chi connectivity index (χ0) is 19.6. The first-order valence-corrected chi connectivity index (χ1v) is 9.73. The normalized spacial score (nSPS) is 16.8. The molecule has 2 N–H and O–H groups in total. The third-order valence-electron chi connectivity index (χ3n) is 4.99. The van der Waals surface area contributed by atoms with E-state index < -0.39 is 11.7 Å². The highest BCUT2D eigenvalue weighted by Gasteiger charge is 2.42. The lowest BCUT2D eigenvalue weighted by Crippen LogP contribution is -2.27. The molecule has 1 aromatic rings. The molecule has 2 aliphatic rings. The first-order chi connectivity index (χ1) is 12.7. The molecule has 2 saturated carbocycles. The van der Waals surface area contributed by atoms with Crippen molar-refractivity contribution >= 4 is 23.4 Å². The molecular weight excluding hydrogens is 344 g/mol. The molecule has 27 heavy (non-hydrogen) atoms. The van der Waals surface area contributed by atoms with Gasteiger partial charge in [0.05, 0.1) is 12.8 Å². The number of rotatable bonds is 7. The molecule has 0 unspecified atom stereocenters. The Balaban J connectivity index is 1.63. The summed E-state index contributed by atoms with van der Waals surface area (Å²) in [5.41, 5.74) is 0.506. The molecule has 1 aromatic carbocycles. The summed E-state index contributed by atoms with van der Waals surface area (Å²) >= 11 is 0. The highest BCUT2D eigenvalue weighted by Crippen LogP contribution is 2.50. The molecule has 2 aliphatic carbocycles. The van der Waals surface area contributed by atoms with Gasteiger partial charge in [-0.05, 0) is 82.4 Å². The number of hydrogen-bond donors (Lipinski definition) is 2. The molecule has 6 nitrogen and oxygen atoms in total. The summed E-state index contributed by atoms with van der Waals surface area (Å²) in [5.74, 6) is 2.55. The van der Waals surface area contributed by atoms with E-state index in [1.807, 2.05) is 0 Å². The number of ether oxygens (including phenoxy) is 2. The van der Waals surface area contributed by atoms with E-state index in [9.17, 15) is 9.59 Å². The molecule has 0 radical (unpaired) electrons. The van der Waals surface area contributed by atoms with Crippen molar-refractivity contribution in [1.82, 2.24) is 0 Å². The molecule has 0 spiro atoms. The minimum Gasteiger partial charge on any atom is -0.495 e. The van der Waals surface area contributed by atoms with Gasteiger partial charge in [-0.1, -0.05) is 0 Å². The molecule has 0 atom stereocenters. The van der Waals surface area contributed by atoms with Crippen LogP contribution in [0.3, 0.4) is 0 Å². The number of hydrogen-bond acceptors (Lipinski definition) is 4. The third kappa shape index (κ3) is 5.88. The van der Waals surface area contributed by atoms with Gasteiger partial charge in [0.2, 0.25) is 5.91 Å². The van der Waals surface area contributed by atoms with Gasteiger partial charge >= 0.3 is 6.09 Å². The van der Waals surface area contributed by atoms with Gasteiger partial charge in [-0.15, -0.1) is 0 Å². The van der Waals surface area contributed by atoms with Crippen LogP contribution in [0.25, 0.3) is 0 Å². The summed E-state index contributed by atoms with van der Waals surface area (Å²) in [7, 11) is 1.53. The second-order valence-corrected chi connectivity index (χ2v) is 8.63. The first-order valence-electron chi connectivity index (χ1n) is 9.73. The lowest BCUT2D eigenvalue weighted by Gasteiger charge is -2.20. The highest BCUT2D eigenvalue weighted by molar-refractivity contribution is 5.93. The fourth-order valence-electron chi connectivity index (χ4n) is 3.49. The van der Waals surface area contributed by atoms with Crippen LogP contribution < -0.4 is 15.4 Å². The predicted molar refractivity (Wildman–Crippen MR) is 105 cm³/mol. The van der Waals surface area contributed by atoms with E-state index in [2.05, 4.69) is 10.6 Å². The average Bonchev–Trinajstić information content (AvgIpc) is 3.45. The Kier molecular flexibility index (Phi) is 5.63. The quantitative estimate of drug-likeness (QED) is 0.718. The molecular formula is C21H30N2O4. The second-order valence-electron chi connectivity index (χ2n) is 8.63. The smallest absolute Gasteiger partial charge is 0.412 e. The molecule has 0 bridgehead atoms. The Hall–Kier alpha value is -2.24. The monoisotopic (exact) mass is 374 g/mol. The summed E-state index contributed by atoms with van der Waals surface area (Å²) in [4.78, 5) is 24.6. The van der Waals surface area contributed by atoms with Gasteiger partial charge in [-0.3, -0.25) is 10.1 Å². The molecule has 3 rings (SSSR count). The number of nitrogens with one attached hydrogen (secondary N) is 2. The Bertz CT molecular complexity index is 691. The lowest BCUT2D eigenvalue weighted by molar-refractivity contribution is -0.117. The van der Waals surface area contributed by atoms with Crippen LogP contribution in [0.5, 0.6) is 5.75 Å². The lowest BCUT2D eigenvalue weighted by atomic mass is 9.94. The van der Waals surface area contributed by atoms with Crippen LogP contribution in [-0.4, -0.2) is 24.7 Å². The van der Waals surface area contributed by atoms with Crippen LogP contribution in [0.1, 0.15) is 52.9 Å². The molecule has 6 heteroatoms. The fraction of sp³-hybridized carbons (Fsp3) is 0.619. The minimum atomic E-state index is -0.593. The summed E-state index contributed by atoms with van der Waals surface area (Å²) in [6, 6.07) is 5.20. The van der Waals surface area contributed by atoms with Crippen LogP contribution in [0.15, 0.2) is 18.2 Å². The maximum Gasteiger partial charge on any atom is 0.412 e. The minimum absolute atomic E-state index is 0.0344. The van der Waals surface area contributed by atoms with E-state index in [0.29, 0.717) is 29.5 Å². The topological polar surface area (TPSA) is 76.7 Å². The van der Waals surface area contributed by atoms with Crippen LogP contribution >= 0.6 is 0 Å². The number of carbonyl (C=O) groups is 2. The fourth-order valence-corrected chi connectivity index (χ4v) is 3.49. The van der Waals surface area contributed by atoms with Crippen LogP contribution in [0, 0.1) is 17.8 Å². The molecule has 0 aliphatic heterocycles. The molecule has 148 valence electrons. The standard InChI is InChI=1S/C21H30N2O4/c1-21(2,3)27-20(25)23-17-11-15(9-10-18(17)26-4)22-19(24)12-16(13-5-6-13)14-7-8-14/h9-11,13-14,16H,5-8,12H2,1-4H3,(H,22,24)(H,23,25). The van der Waals surface area contributed by atoms with E-state index in [1.54, 1.807) is 39.0 Å². The number of methoxy groups -OCH3 is 1. The molecule has 2 amide bonds. The predicted octanol–water partition coefficient (Wildman–Crippen LogP) is 4.81. The van der Waals surface area contributed by atoms with Crippen molar-refractivity contribution in [1.29, 1.82) is 0 Å². The van der Waals surface area contributed by atoms with Gasteiger partial charge in [0.15, 0.2) is 0 Å². The van der Waals surface area contributed by atoms with Crippen molar-refractivity contribution < 1.29 is 19.1 Å². The number of carbonyl (C=O) groups excluding carboxylic acids is 2. The van der Waals surface area contributed by atoms with E-state index in [0.717, 1.165) is 11.8 Å². The van der Waals surface area contributed by atoms with E-state index >= 15 is 0 Å². The van der Waals surface area contributed by atoms with Crippen molar-refractivity contribution in [3.05, 3.63) is 18.2 Å². The van der Waals surface area contributed by atoms with E-state index in [4.69, 9.17) is 9.47 Å². The highest BCUT2D eigenvalue weighted by atomic mass is 16.6.